The Bertz CT molecular complexity index is 828. The summed E-state index contributed by atoms with van der Waals surface area (Å²) in [4.78, 5) is 16.6. The van der Waals surface area contributed by atoms with E-state index in [4.69, 9.17) is 4.74 Å². The van der Waals surface area contributed by atoms with Gasteiger partial charge in [-0.3, -0.25) is 4.79 Å². The molecule has 0 bridgehead atoms. The molecule has 2 heterocycles. The molecule has 3 rings (SSSR count). The molecule has 0 aliphatic heterocycles. The number of hydrogen-bond acceptors (Lipinski definition) is 4. The molecule has 3 aromatic rings. The molecule has 1 N–H and O–H groups in total. The third kappa shape index (κ3) is 4.03. The highest BCUT2D eigenvalue weighted by atomic mass is 16.5. The fourth-order valence-electron chi connectivity index (χ4n) is 2.31. The zero-order valence-electron chi connectivity index (χ0n) is 14.2. The maximum atomic E-state index is 12.4. The maximum Gasteiger partial charge on any atom is 0.258 e. The fraction of sp³-hybridized carbons (Fsp3) is 0.211. The van der Waals surface area contributed by atoms with Crippen molar-refractivity contribution in [1.82, 2.24) is 14.8 Å². The number of amides is 1. The number of benzene rings is 1. The Morgan fingerprint density at radius 2 is 2.00 bits per heavy atom. The minimum Gasteiger partial charge on any atom is -0.439 e. The minimum absolute atomic E-state index is 0.213. The standard InChI is InChI=1S/C19H20N4O2/c1-3-14(2)23-17(11-12-21-23)22-19(24)15-9-10-18(20-13-15)25-16-7-5-4-6-8-16/h4-14H,3H2,1-2H3,(H,22,24). The van der Waals surface area contributed by atoms with E-state index in [1.165, 1.54) is 6.20 Å². The fourth-order valence-corrected chi connectivity index (χ4v) is 2.31. The van der Waals surface area contributed by atoms with Crippen LogP contribution in [0.15, 0.2) is 60.9 Å². The van der Waals surface area contributed by atoms with Crippen LogP contribution in [0.5, 0.6) is 11.6 Å². The van der Waals surface area contributed by atoms with Crippen LogP contribution in [0.25, 0.3) is 0 Å². The van der Waals surface area contributed by atoms with Crippen molar-refractivity contribution in [2.45, 2.75) is 26.3 Å². The Balaban J connectivity index is 1.68. The van der Waals surface area contributed by atoms with Crippen molar-refractivity contribution in [3.63, 3.8) is 0 Å². The molecule has 0 saturated carbocycles. The molecular formula is C19H20N4O2. The van der Waals surface area contributed by atoms with E-state index in [0.29, 0.717) is 23.0 Å². The number of para-hydroxylation sites is 1. The molecule has 6 heteroatoms. The number of nitrogens with one attached hydrogen (secondary N) is 1. The van der Waals surface area contributed by atoms with Gasteiger partial charge in [0, 0.05) is 18.3 Å². The molecule has 1 amide bonds. The summed E-state index contributed by atoms with van der Waals surface area (Å²) in [6.45, 7) is 4.13. The minimum atomic E-state index is -0.233. The normalized spacial score (nSPS) is 11.8. The van der Waals surface area contributed by atoms with E-state index in [2.05, 4.69) is 29.2 Å². The SMILES string of the molecule is CCC(C)n1nccc1NC(=O)c1ccc(Oc2ccccc2)nc1. The van der Waals surface area contributed by atoms with Crippen LogP contribution >= 0.6 is 0 Å². The van der Waals surface area contributed by atoms with Crippen molar-refractivity contribution in [3.8, 4) is 11.6 Å². The van der Waals surface area contributed by atoms with Crippen LogP contribution in [0.3, 0.4) is 0 Å². The predicted octanol–water partition coefficient (Wildman–Crippen LogP) is 4.29. The Kier molecular flexibility index (Phi) is 5.09. The lowest BCUT2D eigenvalue weighted by atomic mass is 10.2. The average Bonchev–Trinajstić information content (AvgIpc) is 3.10. The number of hydrogen-bond donors (Lipinski definition) is 1. The van der Waals surface area contributed by atoms with Crippen molar-refractivity contribution < 1.29 is 9.53 Å². The summed E-state index contributed by atoms with van der Waals surface area (Å²) < 4.78 is 7.43. The smallest absolute Gasteiger partial charge is 0.258 e. The van der Waals surface area contributed by atoms with E-state index < -0.39 is 0 Å². The summed E-state index contributed by atoms with van der Waals surface area (Å²) in [7, 11) is 0. The van der Waals surface area contributed by atoms with E-state index in [9.17, 15) is 4.79 Å². The maximum absolute atomic E-state index is 12.4. The number of carbonyl (C=O) groups is 1. The molecule has 0 fully saturated rings. The molecule has 1 atom stereocenters. The summed E-state index contributed by atoms with van der Waals surface area (Å²) in [5.41, 5.74) is 0.456. The quantitative estimate of drug-likeness (QED) is 0.729. The van der Waals surface area contributed by atoms with Crippen LogP contribution in [0.2, 0.25) is 0 Å². The monoisotopic (exact) mass is 336 g/mol. The second-order valence-corrected chi connectivity index (χ2v) is 5.67. The molecule has 128 valence electrons. The highest BCUT2D eigenvalue weighted by molar-refractivity contribution is 6.03. The molecular weight excluding hydrogens is 316 g/mol. The lowest BCUT2D eigenvalue weighted by Crippen LogP contribution is -2.17. The summed E-state index contributed by atoms with van der Waals surface area (Å²) in [5.74, 6) is 1.57. The number of carbonyl (C=O) groups excluding carboxylic acids is 1. The van der Waals surface area contributed by atoms with Gasteiger partial charge in [-0.05, 0) is 31.5 Å². The number of ether oxygens (including phenoxy) is 1. The van der Waals surface area contributed by atoms with Gasteiger partial charge in [-0.1, -0.05) is 25.1 Å². The number of aromatic nitrogens is 3. The molecule has 0 aliphatic carbocycles. The molecule has 0 radical (unpaired) electrons. The molecule has 0 spiro atoms. The second-order valence-electron chi connectivity index (χ2n) is 5.67. The van der Waals surface area contributed by atoms with Gasteiger partial charge in [-0.2, -0.15) is 5.10 Å². The highest BCUT2D eigenvalue weighted by Crippen LogP contribution is 2.20. The third-order valence-electron chi connectivity index (χ3n) is 3.88. The van der Waals surface area contributed by atoms with Gasteiger partial charge >= 0.3 is 0 Å². The second kappa shape index (κ2) is 7.61. The van der Waals surface area contributed by atoms with Gasteiger partial charge < -0.3 is 10.1 Å². The Labute approximate surface area is 146 Å². The summed E-state index contributed by atoms with van der Waals surface area (Å²) in [5, 5.41) is 7.13. The van der Waals surface area contributed by atoms with Crippen LogP contribution in [0.4, 0.5) is 5.82 Å². The van der Waals surface area contributed by atoms with E-state index in [1.807, 2.05) is 30.3 Å². The molecule has 1 unspecified atom stereocenters. The van der Waals surface area contributed by atoms with Crippen molar-refractivity contribution in [3.05, 3.63) is 66.5 Å². The number of anilines is 1. The van der Waals surface area contributed by atoms with Crippen LogP contribution in [0.1, 0.15) is 36.7 Å². The van der Waals surface area contributed by atoms with E-state index in [0.717, 1.165) is 6.42 Å². The van der Waals surface area contributed by atoms with Gasteiger partial charge in [0.15, 0.2) is 0 Å². The van der Waals surface area contributed by atoms with E-state index >= 15 is 0 Å². The third-order valence-corrected chi connectivity index (χ3v) is 3.88. The summed E-state index contributed by atoms with van der Waals surface area (Å²) in [6, 6.07) is 14.7. The highest BCUT2D eigenvalue weighted by Gasteiger charge is 2.13. The Morgan fingerprint density at radius 3 is 2.68 bits per heavy atom. The zero-order chi connectivity index (χ0) is 17.6. The Morgan fingerprint density at radius 1 is 1.20 bits per heavy atom. The number of rotatable bonds is 6. The van der Waals surface area contributed by atoms with Crippen LogP contribution in [0, 0.1) is 0 Å². The first-order chi connectivity index (χ1) is 12.2. The van der Waals surface area contributed by atoms with Crippen molar-refractivity contribution >= 4 is 11.7 Å². The van der Waals surface area contributed by atoms with Crippen LogP contribution in [-0.4, -0.2) is 20.7 Å². The number of pyridine rings is 1. The first-order valence-electron chi connectivity index (χ1n) is 8.21. The van der Waals surface area contributed by atoms with Crippen molar-refractivity contribution in [2.75, 3.05) is 5.32 Å². The zero-order valence-corrected chi connectivity index (χ0v) is 14.2. The predicted molar refractivity (Wildman–Crippen MR) is 95.9 cm³/mol. The lowest BCUT2D eigenvalue weighted by Gasteiger charge is -2.14. The number of nitrogens with zero attached hydrogens (tertiary/aromatic N) is 3. The van der Waals surface area contributed by atoms with Crippen molar-refractivity contribution in [2.24, 2.45) is 0 Å². The van der Waals surface area contributed by atoms with Gasteiger partial charge in [-0.25, -0.2) is 9.67 Å². The molecule has 6 nitrogen and oxygen atoms in total. The molecule has 25 heavy (non-hydrogen) atoms. The Hall–Kier alpha value is -3.15. The topological polar surface area (TPSA) is 69.0 Å². The average molecular weight is 336 g/mol. The summed E-state index contributed by atoms with van der Waals surface area (Å²) in [6.07, 6.45) is 4.10. The van der Waals surface area contributed by atoms with E-state index in [-0.39, 0.29) is 11.9 Å². The van der Waals surface area contributed by atoms with Gasteiger partial charge in [0.05, 0.1) is 17.8 Å². The lowest BCUT2D eigenvalue weighted by molar-refractivity contribution is 0.102. The molecule has 0 aliphatic rings. The van der Waals surface area contributed by atoms with Gasteiger partial charge in [0.1, 0.15) is 11.6 Å². The molecule has 1 aromatic carbocycles. The van der Waals surface area contributed by atoms with Crippen molar-refractivity contribution in [1.29, 1.82) is 0 Å². The first-order valence-corrected chi connectivity index (χ1v) is 8.21. The first kappa shape index (κ1) is 16.7. The van der Waals surface area contributed by atoms with Gasteiger partial charge in [0.25, 0.3) is 5.91 Å². The van der Waals surface area contributed by atoms with Gasteiger partial charge in [0.2, 0.25) is 5.88 Å². The van der Waals surface area contributed by atoms with E-state index in [1.54, 1.807) is 29.1 Å². The largest absolute Gasteiger partial charge is 0.439 e. The molecule has 0 saturated heterocycles. The van der Waals surface area contributed by atoms with Gasteiger partial charge in [-0.15, -0.1) is 0 Å². The van der Waals surface area contributed by atoms with Crippen LogP contribution in [-0.2, 0) is 0 Å². The van der Waals surface area contributed by atoms with Crippen LogP contribution < -0.4 is 10.1 Å². The summed E-state index contributed by atoms with van der Waals surface area (Å²) >= 11 is 0. The molecule has 2 aromatic heterocycles.